The highest BCUT2D eigenvalue weighted by Crippen LogP contribution is 2.49. The van der Waals surface area contributed by atoms with Crippen molar-refractivity contribution >= 4 is 56.0 Å². The molecule has 0 saturated heterocycles. The molecule has 1 aliphatic carbocycles. The molecule has 0 fully saturated rings. The molecule has 1 aromatic heterocycles. The number of rotatable bonds is 12. The number of benzene rings is 5. The fourth-order valence-corrected chi connectivity index (χ4v) is 7.71. The second kappa shape index (κ2) is 14.6. The highest BCUT2D eigenvalue weighted by molar-refractivity contribution is 7.94. The van der Waals surface area contributed by atoms with Crippen LogP contribution in [0, 0.1) is 6.92 Å². The van der Waals surface area contributed by atoms with Gasteiger partial charge >= 0.3 is 0 Å². The number of hydrogen-bond donors (Lipinski definition) is 4. The summed E-state index contributed by atoms with van der Waals surface area (Å²) >= 11 is 0.704. The van der Waals surface area contributed by atoms with E-state index in [0.717, 1.165) is 12.0 Å². The van der Waals surface area contributed by atoms with Gasteiger partial charge in [0.05, 0.1) is 44.2 Å². The molecule has 5 aromatic carbocycles. The first-order valence-corrected chi connectivity index (χ1v) is 19.2. The van der Waals surface area contributed by atoms with Crippen LogP contribution < -0.4 is 15.6 Å². The number of aromatic amines is 1. The molecule has 14 heteroatoms. The lowest BCUT2D eigenvalue weighted by molar-refractivity contribution is -0.432. The molecule has 6 aromatic rings. The van der Waals surface area contributed by atoms with Crippen molar-refractivity contribution in [2.45, 2.75) is 49.3 Å². The normalized spacial score (nSPS) is 12.4. The zero-order valence-electron chi connectivity index (χ0n) is 29.9. The monoisotopic (exact) mass is 778 g/mol. The van der Waals surface area contributed by atoms with Crippen LogP contribution >= 0.6 is 12.0 Å². The maximum Gasteiger partial charge on any atom is 0.294 e. The second-order valence-corrected chi connectivity index (χ2v) is 15.8. The van der Waals surface area contributed by atoms with Crippen molar-refractivity contribution in [2.75, 3.05) is 5.32 Å². The Bertz CT molecular complexity index is 2690. The van der Waals surface area contributed by atoms with Gasteiger partial charge in [0.15, 0.2) is 17.3 Å². The van der Waals surface area contributed by atoms with Gasteiger partial charge in [-0.3, -0.25) is 18.9 Å². The largest absolute Gasteiger partial charge is 0.454 e. The molecule has 12 nitrogen and oxygen atoms in total. The molecule has 55 heavy (non-hydrogen) atoms. The molecule has 280 valence electrons. The van der Waals surface area contributed by atoms with E-state index in [-0.39, 0.29) is 66.2 Å². The second-order valence-electron chi connectivity index (χ2n) is 13.6. The smallest absolute Gasteiger partial charge is 0.294 e. The molecule has 0 spiro atoms. The third-order valence-corrected chi connectivity index (χ3v) is 11.4. The van der Waals surface area contributed by atoms with Gasteiger partial charge < -0.3 is 15.0 Å². The van der Waals surface area contributed by atoms with E-state index in [1.54, 1.807) is 54.6 Å². The summed E-state index contributed by atoms with van der Waals surface area (Å²) in [5, 5.41) is 16.5. The predicted octanol–water partition coefficient (Wildman–Crippen LogP) is 9.18. The quantitative estimate of drug-likeness (QED) is 0.0304. The predicted molar refractivity (Wildman–Crippen MR) is 208 cm³/mol. The molecule has 0 atom stereocenters. The van der Waals surface area contributed by atoms with Gasteiger partial charge in [-0.1, -0.05) is 86.5 Å². The molecule has 0 radical (unpaired) electrons. The average Bonchev–Trinajstić information content (AvgIpc) is 3.17. The minimum atomic E-state index is -4.49. The molecule has 1 aliphatic rings. The maximum atomic E-state index is 14.6. The number of fused-ring (bicyclic) bond motifs is 2. The summed E-state index contributed by atoms with van der Waals surface area (Å²) in [4.78, 5) is 46.0. The zero-order chi connectivity index (χ0) is 39.2. The number of H-pyrrole nitrogens is 1. The fraction of sp³-hybridized carbons (Fsp3) is 0.146. The molecule has 0 unspecified atom stereocenters. The number of carbonyl (C=O) groups is 2. The van der Waals surface area contributed by atoms with E-state index in [2.05, 4.69) is 36.1 Å². The number of anilines is 2. The molecule has 1 heterocycles. The van der Waals surface area contributed by atoms with E-state index in [9.17, 15) is 27.4 Å². The highest BCUT2D eigenvalue weighted by atomic mass is 32.2. The molecule has 0 aliphatic heterocycles. The molecule has 4 N–H and O–H groups in total. The first kappa shape index (κ1) is 37.7. The molecule has 0 saturated carbocycles. The third-order valence-electron chi connectivity index (χ3n) is 9.89. The summed E-state index contributed by atoms with van der Waals surface area (Å²) in [6.45, 7) is 8.06. The Labute approximate surface area is 319 Å². The summed E-state index contributed by atoms with van der Waals surface area (Å²) in [5.74, 6) is -0.600. The van der Waals surface area contributed by atoms with Crippen LogP contribution in [-0.2, 0) is 24.9 Å². The van der Waals surface area contributed by atoms with Crippen LogP contribution in [-0.4, -0.2) is 34.8 Å². The van der Waals surface area contributed by atoms with Gasteiger partial charge in [0, 0.05) is 33.8 Å². The SMILES string of the molecule is CCC(C)(C)c1cc(C)c(Oc2cc(Nc3ccc(S(=O)(=O)O)cc3)c3c4c(c(C(=O)c5ccccc5)c(=O)[nH]c24)-c2ccccc2C3=O)c(SOOO)c1. The number of nitrogens with one attached hydrogen (secondary N) is 2. The van der Waals surface area contributed by atoms with Gasteiger partial charge in [0.1, 0.15) is 5.75 Å². The molecular formula is C41H34N2O10S2. The average molecular weight is 779 g/mol. The van der Waals surface area contributed by atoms with Crippen molar-refractivity contribution in [1.29, 1.82) is 0 Å². The van der Waals surface area contributed by atoms with Crippen molar-refractivity contribution in [3.63, 3.8) is 0 Å². The number of aryl methyl sites for hydroxylation is 1. The lowest BCUT2D eigenvalue weighted by atomic mass is 9.80. The van der Waals surface area contributed by atoms with Crippen molar-refractivity contribution in [1.82, 2.24) is 4.98 Å². The number of ketones is 2. The third kappa shape index (κ3) is 6.95. The minimum Gasteiger partial charge on any atom is -0.454 e. The maximum absolute atomic E-state index is 14.6. The van der Waals surface area contributed by atoms with Crippen LogP contribution in [0.15, 0.2) is 112 Å². The van der Waals surface area contributed by atoms with Crippen molar-refractivity contribution in [2.24, 2.45) is 0 Å². The lowest BCUT2D eigenvalue weighted by Crippen LogP contribution is -2.24. The van der Waals surface area contributed by atoms with Gasteiger partial charge in [-0.15, -0.1) is 4.33 Å². The summed E-state index contributed by atoms with van der Waals surface area (Å²) < 4.78 is 44.7. The Morgan fingerprint density at radius 3 is 2.24 bits per heavy atom. The van der Waals surface area contributed by atoms with E-state index in [4.69, 9.17) is 14.3 Å². The Balaban J connectivity index is 1.55. The molecule has 0 amide bonds. The zero-order valence-corrected chi connectivity index (χ0v) is 31.6. The first-order valence-electron chi connectivity index (χ1n) is 17.1. The number of hydrogen-bond acceptors (Lipinski definition) is 11. The number of ether oxygens (including phenoxy) is 1. The Morgan fingerprint density at radius 1 is 0.909 bits per heavy atom. The van der Waals surface area contributed by atoms with Crippen LogP contribution in [0.3, 0.4) is 0 Å². The van der Waals surface area contributed by atoms with E-state index in [1.807, 2.05) is 19.1 Å². The van der Waals surface area contributed by atoms with Crippen molar-refractivity contribution in [3.8, 4) is 22.6 Å². The molecule has 7 rings (SSSR count). The van der Waals surface area contributed by atoms with E-state index < -0.39 is 27.2 Å². The summed E-state index contributed by atoms with van der Waals surface area (Å²) in [6.07, 6.45) is 0.810. The molecular weight excluding hydrogens is 745 g/mol. The number of aromatic nitrogens is 1. The first-order chi connectivity index (χ1) is 26.2. The lowest BCUT2D eigenvalue weighted by Gasteiger charge is -2.27. The number of carbonyl (C=O) groups excluding carboxylic acids is 2. The van der Waals surface area contributed by atoms with E-state index in [0.29, 0.717) is 33.8 Å². The topological polar surface area (TPSA) is 181 Å². The van der Waals surface area contributed by atoms with Crippen LogP contribution in [0.5, 0.6) is 11.5 Å². The summed E-state index contributed by atoms with van der Waals surface area (Å²) in [5.41, 5.74) is 2.43. The fourth-order valence-electron chi connectivity index (χ4n) is 6.67. The van der Waals surface area contributed by atoms with Crippen molar-refractivity contribution in [3.05, 3.63) is 141 Å². The Morgan fingerprint density at radius 2 is 1.58 bits per heavy atom. The molecule has 0 bridgehead atoms. The summed E-state index contributed by atoms with van der Waals surface area (Å²) in [6, 6.07) is 25.6. The van der Waals surface area contributed by atoms with Gasteiger partial charge in [-0.2, -0.15) is 8.42 Å². The van der Waals surface area contributed by atoms with Crippen LogP contribution in [0.2, 0.25) is 0 Å². The minimum absolute atomic E-state index is 0.0809. The summed E-state index contributed by atoms with van der Waals surface area (Å²) in [7, 11) is -4.49. The van der Waals surface area contributed by atoms with Crippen LogP contribution in [0.4, 0.5) is 11.4 Å². The van der Waals surface area contributed by atoms with Gasteiger partial charge in [-0.05, 0) is 65.8 Å². The van der Waals surface area contributed by atoms with Gasteiger partial charge in [0.2, 0.25) is 0 Å². The van der Waals surface area contributed by atoms with Gasteiger partial charge in [-0.25, -0.2) is 5.26 Å². The highest BCUT2D eigenvalue weighted by Gasteiger charge is 2.35. The standard InChI is InChI=1S/C41H34N2O10S2/c1-5-41(3,4)24-19-22(2)39(31(20-24)54-53-52-47)51-30-21-29(42-25-15-17-26(18-16-25)55(48,49)50)33-34-32(27-13-9-10-14-28(27)38(33)45)35(40(46)43-36(30)34)37(44)23-11-7-6-8-12-23/h6-21,42,47H,5H2,1-4H3,(H,43,46)(H,48,49,50). The van der Waals surface area contributed by atoms with Crippen LogP contribution in [0.25, 0.3) is 22.0 Å². The Kier molecular flexibility index (Phi) is 9.98. The van der Waals surface area contributed by atoms with Crippen LogP contribution in [0.1, 0.15) is 70.2 Å². The Hall–Kier alpha value is -5.61. The number of pyridine rings is 1. The van der Waals surface area contributed by atoms with E-state index in [1.165, 1.54) is 30.3 Å². The van der Waals surface area contributed by atoms with Crippen molar-refractivity contribution < 1.29 is 41.9 Å². The van der Waals surface area contributed by atoms with Gasteiger partial charge in [0.25, 0.3) is 15.7 Å². The van der Waals surface area contributed by atoms with E-state index >= 15 is 0 Å².